The predicted octanol–water partition coefficient (Wildman–Crippen LogP) is 5.42. The van der Waals surface area contributed by atoms with E-state index in [0.29, 0.717) is 23.6 Å². The van der Waals surface area contributed by atoms with Crippen molar-refractivity contribution >= 4 is 29.0 Å². The van der Waals surface area contributed by atoms with Gasteiger partial charge in [0.25, 0.3) is 11.7 Å². The van der Waals surface area contributed by atoms with Gasteiger partial charge in [0.2, 0.25) is 0 Å². The van der Waals surface area contributed by atoms with Gasteiger partial charge in [0, 0.05) is 22.8 Å². The van der Waals surface area contributed by atoms with Crippen molar-refractivity contribution in [3.05, 3.63) is 100 Å². The van der Waals surface area contributed by atoms with Gasteiger partial charge in [-0.1, -0.05) is 60.1 Å². The van der Waals surface area contributed by atoms with Crippen LogP contribution in [0.4, 0.5) is 5.69 Å². The minimum atomic E-state index is -0.525. The number of nitrogens with zero attached hydrogens (tertiary/aromatic N) is 1. The summed E-state index contributed by atoms with van der Waals surface area (Å²) in [5.41, 5.74) is 4.40. The molecule has 0 bridgehead atoms. The Kier molecular flexibility index (Phi) is 6.27. The summed E-state index contributed by atoms with van der Waals surface area (Å²) in [4.78, 5) is 27.4. The number of Topliss-reactive ketones (excluding diaryl/α,β-unsaturated/α-hetero) is 1. The van der Waals surface area contributed by atoms with E-state index in [1.807, 2.05) is 62.4 Å². The van der Waals surface area contributed by atoms with Crippen LogP contribution in [0.25, 0.3) is 0 Å². The van der Waals surface area contributed by atoms with Gasteiger partial charge in [-0.2, -0.15) is 0 Å². The number of hydrogen-bond acceptors (Lipinski definition) is 2. The third kappa shape index (κ3) is 4.68. The maximum atomic E-state index is 13.1. The van der Waals surface area contributed by atoms with Gasteiger partial charge < -0.3 is 4.90 Å². The molecule has 0 radical (unpaired) electrons. The first-order valence-electron chi connectivity index (χ1n) is 9.18. The number of rotatable bonds is 6. The van der Waals surface area contributed by atoms with E-state index in [-0.39, 0.29) is 0 Å². The summed E-state index contributed by atoms with van der Waals surface area (Å²) >= 11 is 5.95. The average molecular weight is 392 g/mol. The maximum Gasteiger partial charge on any atom is 0.299 e. The van der Waals surface area contributed by atoms with Crippen molar-refractivity contribution in [2.24, 2.45) is 0 Å². The van der Waals surface area contributed by atoms with E-state index in [1.54, 1.807) is 29.2 Å². The standard InChI is InChI=1S/C24H22ClNO2/c1-17-8-13-22(16-18(17)2)26(15-14-19-9-11-21(25)12-10-19)24(28)23(27)20-6-4-3-5-7-20/h3-13,16H,14-15H2,1-2H3. The molecule has 4 heteroatoms. The molecule has 0 saturated carbocycles. The van der Waals surface area contributed by atoms with Crippen LogP contribution in [0, 0.1) is 13.8 Å². The highest BCUT2D eigenvalue weighted by molar-refractivity contribution is 6.47. The molecule has 0 atom stereocenters. The molecule has 0 aromatic heterocycles. The molecule has 3 aromatic carbocycles. The van der Waals surface area contributed by atoms with Crippen molar-refractivity contribution in [3.8, 4) is 0 Å². The van der Waals surface area contributed by atoms with Crippen molar-refractivity contribution in [1.29, 1.82) is 0 Å². The highest BCUT2D eigenvalue weighted by atomic mass is 35.5. The third-order valence-corrected chi connectivity index (χ3v) is 5.07. The zero-order chi connectivity index (χ0) is 20.1. The zero-order valence-electron chi connectivity index (χ0n) is 16.0. The highest BCUT2D eigenvalue weighted by Crippen LogP contribution is 2.21. The highest BCUT2D eigenvalue weighted by Gasteiger charge is 2.24. The molecule has 3 nitrogen and oxygen atoms in total. The number of carbonyl (C=O) groups is 2. The van der Waals surface area contributed by atoms with Crippen molar-refractivity contribution in [3.63, 3.8) is 0 Å². The van der Waals surface area contributed by atoms with Crippen molar-refractivity contribution in [2.75, 3.05) is 11.4 Å². The lowest BCUT2D eigenvalue weighted by atomic mass is 10.1. The van der Waals surface area contributed by atoms with Crippen LogP contribution < -0.4 is 4.90 Å². The molecular weight excluding hydrogens is 370 g/mol. The Balaban J connectivity index is 1.88. The lowest BCUT2D eigenvalue weighted by molar-refractivity contribution is -0.114. The zero-order valence-corrected chi connectivity index (χ0v) is 16.7. The molecule has 0 fully saturated rings. The largest absolute Gasteiger partial charge is 0.305 e. The molecule has 0 saturated heterocycles. The number of halogens is 1. The number of hydrogen-bond donors (Lipinski definition) is 0. The molecule has 0 unspecified atom stereocenters. The molecule has 142 valence electrons. The fraction of sp³-hybridized carbons (Fsp3) is 0.167. The minimum absolute atomic E-state index is 0.396. The van der Waals surface area contributed by atoms with Gasteiger partial charge >= 0.3 is 0 Å². The van der Waals surface area contributed by atoms with E-state index in [0.717, 1.165) is 22.4 Å². The number of amides is 1. The number of carbonyl (C=O) groups excluding carboxylic acids is 2. The summed E-state index contributed by atoms with van der Waals surface area (Å²) < 4.78 is 0. The molecule has 0 heterocycles. The van der Waals surface area contributed by atoms with Gasteiger partial charge in [-0.15, -0.1) is 0 Å². The van der Waals surface area contributed by atoms with E-state index in [9.17, 15) is 9.59 Å². The van der Waals surface area contributed by atoms with Gasteiger partial charge in [0.15, 0.2) is 0 Å². The first-order chi connectivity index (χ1) is 13.5. The summed E-state index contributed by atoms with van der Waals surface area (Å²) in [6.07, 6.45) is 0.623. The molecule has 3 aromatic rings. The van der Waals surface area contributed by atoms with E-state index in [4.69, 9.17) is 11.6 Å². The van der Waals surface area contributed by atoms with Crippen LogP contribution in [0.2, 0.25) is 5.02 Å². The molecular formula is C24H22ClNO2. The summed E-state index contributed by atoms with van der Waals surface area (Å²) in [6.45, 7) is 4.43. The van der Waals surface area contributed by atoms with Crippen LogP contribution in [-0.2, 0) is 11.2 Å². The number of aryl methyl sites for hydroxylation is 2. The van der Waals surface area contributed by atoms with Crippen LogP contribution in [0.3, 0.4) is 0 Å². The summed E-state index contributed by atoms with van der Waals surface area (Å²) in [6, 6.07) is 22.0. The second-order valence-electron chi connectivity index (χ2n) is 6.80. The SMILES string of the molecule is Cc1ccc(N(CCc2ccc(Cl)cc2)C(=O)C(=O)c2ccccc2)cc1C. The third-order valence-electron chi connectivity index (χ3n) is 4.81. The van der Waals surface area contributed by atoms with Crippen molar-refractivity contribution in [2.45, 2.75) is 20.3 Å². The molecule has 0 aliphatic carbocycles. The first-order valence-corrected chi connectivity index (χ1v) is 9.56. The Bertz CT molecular complexity index is 981. The minimum Gasteiger partial charge on any atom is -0.305 e. The molecule has 0 N–H and O–H groups in total. The van der Waals surface area contributed by atoms with Gasteiger partial charge in [0.1, 0.15) is 0 Å². The Morgan fingerprint density at radius 3 is 2.18 bits per heavy atom. The summed E-state index contributed by atoms with van der Waals surface area (Å²) in [5, 5.41) is 0.671. The van der Waals surface area contributed by atoms with Crippen LogP contribution >= 0.6 is 11.6 Å². The van der Waals surface area contributed by atoms with E-state index >= 15 is 0 Å². The number of benzene rings is 3. The molecule has 1 amide bonds. The monoisotopic (exact) mass is 391 g/mol. The average Bonchev–Trinajstić information content (AvgIpc) is 2.72. The van der Waals surface area contributed by atoms with Crippen LogP contribution in [0.5, 0.6) is 0 Å². The molecule has 0 aliphatic rings. The smallest absolute Gasteiger partial charge is 0.299 e. The van der Waals surface area contributed by atoms with Crippen molar-refractivity contribution in [1.82, 2.24) is 0 Å². The lowest BCUT2D eigenvalue weighted by Crippen LogP contribution is -2.38. The van der Waals surface area contributed by atoms with E-state index in [1.165, 1.54) is 0 Å². The van der Waals surface area contributed by atoms with Gasteiger partial charge in [-0.3, -0.25) is 9.59 Å². The first kappa shape index (κ1) is 19.8. The molecule has 0 spiro atoms. The van der Waals surface area contributed by atoms with Gasteiger partial charge in [-0.25, -0.2) is 0 Å². The van der Waals surface area contributed by atoms with Crippen molar-refractivity contribution < 1.29 is 9.59 Å². The molecule has 28 heavy (non-hydrogen) atoms. The summed E-state index contributed by atoms with van der Waals surface area (Å²) in [7, 11) is 0. The van der Waals surface area contributed by atoms with Gasteiger partial charge in [-0.05, 0) is 61.2 Å². The topological polar surface area (TPSA) is 37.4 Å². The van der Waals surface area contributed by atoms with E-state index < -0.39 is 11.7 Å². The summed E-state index contributed by atoms with van der Waals surface area (Å²) in [5.74, 6) is -1.03. The van der Waals surface area contributed by atoms with Crippen LogP contribution in [0.1, 0.15) is 27.0 Å². The van der Waals surface area contributed by atoms with Gasteiger partial charge in [0.05, 0.1) is 0 Å². The lowest BCUT2D eigenvalue weighted by Gasteiger charge is -2.23. The van der Waals surface area contributed by atoms with Crippen LogP contribution in [-0.4, -0.2) is 18.2 Å². The Hall–Kier alpha value is -2.91. The maximum absolute atomic E-state index is 13.1. The predicted molar refractivity (Wildman–Crippen MR) is 114 cm³/mol. The second-order valence-corrected chi connectivity index (χ2v) is 7.23. The Morgan fingerprint density at radius 1 is 0.857 bits per heavy atom. The molecule has 0 aliphatic heterocycles. The quantitative estimate of drug-likeness (QED) is 0.416. The Morgan fingerprint density at radius 2 is 1.54 bits per heavy atom. The molecule has 3 rings (SSSR count). The fourth-order valence-electron chi connectivity index (χ4n) is 2.97. The normalized spacial score (nSPS) is 10.5. The number of anilines is 1. The Labute approximate surface area is 170 Å². The van der Waals surface area contributed by atoms with Crippen LogP contribution in [0.15, 0.2) is 72.8 Å². The second kappa shape index (κ2) is 8.85. The fourth-order valence-corrected chi connectivity index (χ4v) is 3.09. The van der Waals surface area contributed by atoms with E-state index in [2.05, 4.69) is 0 Å². The number of ketones is 1.